The van der Waals surface area contributed by atoms with Crippen LogP contribution in [0.2, 0.25) is 0 Å². The fourth-order valence-electron chi connectivity index (χ4n) is 7.04. The van der Waals surface area contributed by atoms with Crippen molar-refractivity contribution in [3.8, 4) is 0 Å². The maximum absolute atomic E-state index is 13.8. The first kappa shape index (κ1) is 28.7. The number of nitrogens with zero attached hydrogens (tertiary/aromatic N) is 6. The Bertz CT molecular complexity index is 1780. The fraction of sp³-hybridized carbons (Fsp3) is 0.452. The highest BCUT2D eigenvalue weighted by Gasteiger charge is 2.43. The van der Waals surface area contributed by atoms with Gasteiger partial charge in [-0.2, -0.15) is 4.39 Å². The molecule has 0 radical (unpaired) electrons. The van der Waals surface area contributed by atoms with Gasteiger partial charge >= 0.3 is 5.69 Å². The summed E-state index contributed by atoms with van der Waals surface area (Å²) in [5.74, 6) is -0.0412. The molecule has 2 bridgehead atoms. The van der Waals surface area contributed by atoms with Crippen molar-refractivity contribution in [1.29, 1.82) is 0 Å². The predicted octanol–water partition coefficient (Wildman–Crippen LogP) is 2.32. The summed E-state index contributed by atoms with van der Waals surface area (Å²) in [4.78, 5) is 32.6. The Hall–Kier alpha value is -4.04. The fourth-order valence-corrected chi connectivity index (χ4v) is 7.04. The lowest BCUT2D eigenvalue weighted by atomic mass is 9.73. The Balaban J connectivity index is 1.07. The van der Waals surface area contributed by atoms with E-state index in [4.69, 9.17) is 9.47 Å². The van der Waals surface area contributed by atoms with Crippen LogP contribution in [-0.2, 0) is 22.6 Å². The van der Waals surface area contributed by atoms with E-state index in [1.54, 1.807) is 10.9 Å². The monoisotopic (exact) mass is 603 g/mol. The molecule has 44 heavy (non-hydrogen) atoms. The number of para-hydroxylation sites is 1. The lowest BCUT2D eigenvalue weighted by Crippen LogP contribution is -2.55. The van der Waals surface area contributed by atoms with Crippen LogP contribution in [0.15, 0.2) is 71.2 Å². The van der Waals surface area contributed by atoms with E-state index in [9.17, 15) is 19.1 Å². The minimum absolute atomic E-state index is 0.0495. The summed E-state index contributed by atoms with van der Waals surface area (Å²) in [5.41, 5.74) is 0.722. The Morgan fingerprint density at radius 2 is 2.09 bits per heavy atom. The van der Waals surface area contributed by atoms with E-state index in [0.717, 1.165) is 53.2 Å². The van der Waals surface area contributed by atoms with Gasteiger partial charge in [-0.15, -0.1) is 11.7 Å². The summed E-state index contributed by atoms with van der Waals surface area (Å²) in [6.45, 7) is 6.46. The van der Waals surface area contributed by atoms with Crippen molar-refractivity contribution in [1.82, 2.24) is 34.4 Å². The zero-order valence-corrected chi connectivity index (χ0v) is 24.0. The molecule has 4 saturated heterocycles. The van der Waals surface area contributed by atoms with E-state index in [-0.39, 0.29) is 31.7 Å². The molecule has 7 heterocycles. The number of aromatic amines is 1. The maximum Gasteiger partial charge on any atom is 0.330 e. The van der Waals surface area contributed by atoms with Crippen LogP contribution in [0.5, 0.6) is 0 Å². The Morgan fingerprint density at radius 3 is 2.91 bits per heavy atom. The minimum atomic E-state index is -1.11. The zero-order valence-electron chi connectivity index (χ0n) is 24.0. The number of hydrogen-bond acceptors (Lipinski definition) is 9. The highest BCUT2D eigenvalue weighted by Crippen LogP contribution is 2.43. The molecule has 0 saturated carbocycles. The molecule has 4 fully saturated rings. The quantitative estimate of drug-likeness (QED) is 0.276. The van der Waals surface area contributed by atoms with Crippen molar-refractivity contribution in [3.05, 3.63) is 99.5 Å². The largest absolute Gasteiger partial charge is 0.390 e. The highest BCUT2D eigenvalue weighted by molar-refractivity contribution is 5.82. The number of piperidine rings is 3. The van der Waals surface area contributed by atoms with Gasteiger partial charge in [0.2, 0.25) is 5.82 Å². The minimum Gasteiger partial charge on any atom is -0.390 e. The number of aliphatic hydroxyl groups is 1. The van der Waals surface area contributed by atoms with E-state index in [1.165, 1.54) is 0 Å². The Labute approximate surface area is 251 Å². The number of pyridine rings is 1. The van der Waals surface area contributed by atoms with Gasteiger partial charge in [-0.1, -0.05) is 29.5 Å². The number of halogens is 1. The molecule has 4 aromatic rings. The van der Waals surface area contributed by atoms with Crippen molar-refractivity contribution < 1.29 is 19.0 Å². The lowest BCUT2D eigenvalue weighted by molar-refractivity contribution is -0.0809. The van der Waals surface area contributed by atoms with Crippen LogP contribution in [0.25, 0.3) is 10.9 Å². The van der Waals surface area contributed by atoms with Gasteiger partial charge in [0.15, 0.2) is 0 Å². The van der Waals surface area contributed by atoms with E-state index in [0.29, 0.717) is 17.5 Å². The van der Waals surface area contributed by atoms with Crippen molar-refractivity contribution in [2.75, 3.05) is 13.1 Å². The third-order valence-electron chi connectivity index (χ3n) is 9.30. The van der Waals surface area contributed by atoms with Crippen LogP contribution in [0.3, 0.4) is 0 Å². The second kappa shape index (κ2) is 11.8. The topological polar surface area (TPSA) is 140 Å². The third kappa shape index (κ3) is 5.40. The molecule has 0 spiro atoms. The smallest absolute Gasteiger partial charge is 0.330 e. The molecule has 230 valence electrons. The Morgan fingerprint density at radius 1 is 1.23 bits per heavy atom. The number of aliphatic hydroxyl groups excluding tert-OH is 1. The van der Waals surface area contributed by atoms with Gasteiger partial charge in [-0.3, -0.25) is 24.2 Å². The summed E-state index contributed by atoms with van der Waals surface area (Å²) in [6, 6.07) is 10.3. The first-order valence-corrected chi connectivity index (χ1v) is 14.9. The molecule has 4 aliphatic rings. The summed E-state index contributed by atoms with van der Waals surface area (Å²) in [7, 11) is 0. The van der Waals surface area contributed by atoms with Crippen molar-refractivity contribution in [3.63, 3.8) is 0 Å². The number of hydrogen-bond donors (Lipinski definition) is 2. The number of rotatable bonds is 9. The van der Waals surface area contributed by atoms with Crippen LogP contribution in [0.1, 0.15) is 42.9 Å². The molecule has 8 atom stereocenters. The molecule has 12 nitrogen and oxygen atoms in total. The van der Waals surface area contributed by atoms with Crippen LogP contribution in [-0.4, -0.2) is 70.9 Å². The highest BCUT2D eigenvalue weighted by atomic mass is 19.1. The number of aromatic nitrogens is 6. The number of fused-ring (bicyclic) bond motifs is 4. The summed E-state index contributed by atoms with van der Waals surface area (Å²) in [6.07, 6.45) is 5.89. The van der Waals surface area contributed by atoms with Gasteiger partial charge in [0.1, 0.15) is 18.0 Å². The van der Waals surface area contributed by atoms with Crippen molar-refractivity contribution in [2.45, 2.75) is 63.0 Å². The van der Waals surface area contributed by atoms with Gasteiger partial charge in [-0.25, -0.2) is 9.48 Å². The van der Waals surface area contributed by atoms with E-state index in [2.05, 4.69) is 38.9 Å². The van der Waals surface area contributed by atoms with Gasteiger partial charge in [0.05, 0.1) is 43.3 Å². The van der Waals surface area contributed by atoms with E-state index in [1.807, 2.05) is 35.4 Å². The van der Waals surface area contributed by atoms with Gasteiger partial charge < -0.3 is 14.6 Å². The van der Waals surface area contributed by atoms with E-state index >= 15 is 0 Å². The molecule has 4 aliphatic heterocycles. The molecular weight excluding hydrogens is 569 g/mol. The first-order chi connectivity index (χ1) is 21.4. The van der Waals surface area contributed by atoms with Gasteiger partial charge in [0.25, 0.3) is 5.56 Å². The van der Waals surface area contributed by atoms with E-state index < -0.39 is 35.5 Å². The van der Waals surface area contributed by atoms with Crippen LogP contribution in [0, 0.1) is 17.7 Å². The van der Waals surface area contributed by atoms with Crippen LogP contribution < -0.4 is 11.2 Å². The Kier molecular flexibility index (Phi) is 7.70. The van der Waals surface area contributed by atoms with Gasteiger partial charge in [-0.05, 0) is 48.9 Å². The molecule has 0 amide bonds. The van der Waals surface area contributed by atoms with Gasteiger partial charge in [0, 0.05) is 30.6 Å². The lowest BCUT2D eigenvalue weighted by Gasteiger charge is -2.51. The second-order valence-corrected chi connectivity index (χ2v) is 11.9. The summed E-state index contributed by atoms with van der Waals surface area (Å²) in [5, 5.41) is 20.2. The van der Waals surface area contributed by atoms with Crippen molar-refractivity contribution in [2.24, 2.45) is 11.8 Å². The number of ether oxygens (including phenoxy) is 2. The average molecular weight is 604 g/mol. The van der Waals surface area contributed by atoms with Crippen LogP contribution in [0.4, 0.5) is 4.39 Å². The third-order valence-corrected chi connectivity index (χ3v) is 9.30. The number of H-pyrrole nitrogens is 1. The maximum atomic E-state index is 13.8. The molecule has 13 heteroatoms. The SMILES string of the molecule is C=CC1CN2CC[C@H]1C[C@@H]2[C@@H](OCc1cn(CC2OC(n3cc(F)c(=O)[nH]c3=O)CC2O)nn1)c1ccnc2ccccc12. The summed E-state index contributed by atoms with van der Waals surface area (Å²) < 4.78 is 28.9. The molecule has 3 aromatic heterocycles. The zero-order chi connectivity index (χ0) is 30.4. The van der Waals surface area contributed by atoms with Crippen LogP contribution >= 0.6 is 0 Å². The normalized spacial score (nSPS) is 28.8. The molecule has 1 aromatic carbocycles. The molecule has 8 rings (SSSR count). The molecule has 2 N–H and O–H groups in total. The molecule has 5 unspecified atom stereocenters. The second-order valence-electron chi connectivity index (χ2n) is 11.9. The standard InChI is InChI=1S/C31H34FN7O5/c1-2-18-13-37-10-8-19(18)11-25(37)29(22-7-9-33-24-6-4-3-5-21(22)24)43-17-20-14-38(36-35-20)16-27-26(40)12-28(44-27)39-15-23(32)30(41)34-31(39)42/h2-7,9,14-15,18-19,25-29,40H,1,8,10-13,16-17H2,(H,34,41,42)/t18?,19-,25+,26?,27?,28?,29-/m0/s1. The predicted molar refractivity (Wildman–Crippen MR) is 157 cm³/mol. The molecular formula is C31H34FN7O5. The average Bonchev–Trinajstić information content (AvgIpc) is 3.65. The summed E-state index contributed by atoms with van der Waals surface area (Å²) >= 11 is 0. The first-order valence-electron chi connectivity index (χ1n) is 14.9. The number of nitrogens with one attached hydrogen (secondary N) is 1. The van der Waals surface area contributed by atoms with Crippen molar-refractivity contribution >= 4 is 10.9 Å². The number of benzene rings is 1. The molecule has 0 aliphatic carbocycles.